The minimum Gasteiger partial charge on any atom is -0.487 e. The van der Waals surface area contributed by atoms with Crippen molar-refractivity contribution in [2.75, 3.05) is 7.11 Å². The smallest absolute Gasteiger partial charge is 0.339 e. The van der Waals surface area contributed by atoms with E-state index >= 15 is 0 Å². The lowest BCUT2D eigenvalue weighted by atomic mass is 10.2. The van der Waals surface area contributed by atoms with Crippen molar-refractivity contribution in [1.82, 2.24) is 9.97 Å². The highest BCUT2D eigenvalue weighted by Gasteiger charge is 2.17. The highest BCUT2D eigenvalue weighted by Crippen LogP contribution is 2.29. The van der Waals surface area contributed by atoms with Crippen LogP contribution in [0.25, 0.3) is 0 Å². The van der Waals surface area contributed by atoms with Crippen molar-refractivity contribution in [1.29, 1.82) is 0 Å². The number of hydrogen-bond acceptors (Lipinski definition) is 5. The molecule has 0 saturated carbocycles. The minimum absolute atomic E-state index is 0.0268. The fraction of sp³-hybridized carbons (Fsp3) is 0.0833. The Hall–Kier alpha value is -2.10. The number of methoxy groups -OCH3 is 1. The molecule has 0 atom stereocenters. The third-order valence-corrected chi connectivity index (χ3v) is 3.03. The summed E-state index contributed by atoms with van der Waals surface area (Å²) in [6.45, 7) is 0. The van der Waals surface area contributed by atoms with Crippen LogP contribution in [-0.2, 0) is 0 Å². The van der Waals surface area contributed by atoms with Crippen LogP contribution in [-0.4, -0.2) is 28.2 Å². The van der Waals surface area contributed by atoms with Crippen LogP contribution in [0.15, 0.2) is 29.3 Å². The van der Waals surface area contributed by atoms with Gasteiger partial charge in [-0.05, 0) is 40.8 Å². The monoisotopic (exact) mass is 388 g/mol. The van der Waals surface area contributed by atoms with Gasteiger partial charge in [-0.2, -0.15) is 0 Å². The van der Waals surface area contributed by atoms with Crippen LogP contribution in [0.2, 0.25) is 0 Å². The van der Waals surface area contributed by atoms with Crippen molar-refractivity contribution < 1.29 is 19.4 Å². The van der Waals surface area contributed by atoms with Gasteiger partial charge in [-0.1, -0.05) is 0 Å². The van der Waals surface area contributed by atoms with E-state index in [9.17, 15) is 9.59 Å². The zero-order chi connectivity index (χ0) is 14.7. The molecule has 1 aromatic carbocycles. The predicted octanol–water partition coefficient (Wildman–Crippen LogP) is 1.87. The van der Waals surface area contributed by atoms with Crippen molar-refractivity contribution in [2.45, 2.75) is 0 Å². The van der Waals surface area contributed by atoms with Crippen LogP contribution >= 0.6 is 22.6 Å². The molecule has 7 nitrogen and oxygen atoms in total. The molecule has 104 valence electrons. The summed E-state index contributed by atoms with van der Waals surface area (Å²) in [7, 11) is 1.30. The van der Waals surface area contributed by atoms with E-state index in [1.165, 1.54) is 19.2 Å². The number of H-pyrrole nitrogens is 1. The normalized spacial score (nSPS) is 10.1. The predicted molar refractivity (Wildman–Crippen MR) is 77.6 cm³/mol. The topological polar surface area (TPSA) is 102 Å². The number of ether oxygens (including phenoxy) is 2. The number of nitrogens with zero attached hydrogens (tertiary/aromatic N) is 1. The van der Waals surface area contributed by atoms with Crippen LogP contribution in [0.3, 0.4) is 0 Å². The third-order valence-electron chi connectivity index (χ3n) is 2.36. The SMILES string of the molecule is COc1c(Oc2ccc(I)cc2C(=O)O)nc[nH]c1=O. The van der Waals surface area contributed by atoms with Crippen LogP contribution < -0.4 is 15.0 Å². The number of aromatic amines is 1. The second-order valence-corrected chi connectivity index (χ2v) is 4.86. The Morgan fingerprint density at radius 1 is 1.45 bits per heavy atom. The summed E-state index contributed by atoms with van der Waals surface area (Å²) in [4.78, 5) is 28.9. The lowest BCUT2D eigenvalue weighted by molar-refractivity contribution is 0.0694. The van der Waals surface area contributed by atoms with Gasteiger partial charge in [0.15, 0.2) is 0 Å². The van der Waals surface area contributed by atoms with Gasteiger partial charge in [0.2, 0.25) is 5.75 Å². The summed E-state index contributed by atoms with van der Waals surface area (Å²) in [5.74, 6) is -1.28. The van der Waals surface area contributed by atoms with E-state index in [-0.39, 0.29) is 22.9 Å². The standard InChI is InChI=1S/C12H9IN2O5/c1-19-9-10(16)14-5-15-11(9)20-8-3-2-6(13)4-7(8)12(17)18/h2-5H,1H3,(H,17,18)(H,14,15,16). The number of hydrogen-bond donors (Lipinski definition) is 2. The van der Waals surface area contributed by atoms with E-state index in [1.807, 2.05) is 22.6 Å². The van der Waals surface area contributed by atoms with Gasteiger partial charge in [0.25, 0.3) is 11.4 Å². The Bertz CT molecular complexity index is 713. The number of benzene rings is 1. The fourth-order valence-corrected chi connectivity index (χ4v) is 1.98. The number of aromatic nitrogens is 2. The first-order valence-corrected chi connectivity index (χ1v) is 6.43. The second-order valence-electron chi connectivity index (χ2n) is 3.62. The van der Waals surface area contributed by atoms with E-state index in [0.717, 1.165) is 9.90 Å². The summed E-state index contributed by atoms with van der Waals surface area (Å²) in [5.41, 5.74) is -0.541. The van der Waals surface area contributed by atoms with Crippen LogP contribution in [0.5, 0.6) is 17.4 Å². The van der Waals surface area contributed by atoms with E-state index in [0.29, 0.717) is 0 Å². The highest BCUT2D eigenvalue weighted by atomic mass is 127. The average molecular weight is 388 g/mol. The molecule has 1 aromatic heterocycles. The second kappa shape index (κ2) is 5.90. The molecule has 1 heterocycles. The molecule has 0 aliphatic rings. The summed E-state index contributed by atoms with van der Waals surface area (Å²) in [6, 6.07) is 4.63. The van der Waals surface area contributed by atoms with Crippen molar-refractivity contribution >= 4 is 28.6 Å². The quantitative estimate of drug-likeness (QED) is 0.776. The molecule has 2 aromatic rings. The van der Waals surface area contributed by atoms with Gasteiger partial charge in [0.05, 0.1) is 13.4 Å². The molecule has 0 saturated heterocycles. The summed E-state index contributed by atoms with van der Waals surface area (Å²) in [5, 5.41) is 9.15. The lowest BCUT2D eigenvalue weighted by Crippen LogP contribution is -2.11. The van der Waals surface area contributed by atoms with Crippen molar-refractivity contribution in [3.8, 4) is 17.4 Å². The molecule has 0 aliphatic heterocycles. The summed E-state index contributed by atoms with van der Waals surface area (Å²) >= 11 is 1.99. The molecule has 0 aliphatic carbocycles. The van der Waals surface area contributed by atoms with Crippen LogP contribution in [0, 0.1) is 3.57 Å². The summed E-state index contributed by atoms with van der Waals surface area (Å²) < 4.78 is 11.0. The van der Waals surface area contributed by atoms with Crippen LogP contribution in [0.1, 0.15) is 10.4 Å². The highest BCUT2D eigenvalue weighted by molar-refractivity contribution is 14.1. The summed E-state index contributed by atoms with van der Waals surface area (Å²) in [6.07, 6.45) is 1.15. The van der Waals surface area contributed by atoms with Crippen LogP contribution in [0.4, 0.5) is 0 Å². The number of carbonyl (C=O) groups is 1. The van der Waals surface area contributed by atoms with E-state index in [4.69, 9.17) is 14.6 Å². The van der Waals surface area contributed by atoms with Crippen molar-refractivity contribution in [2.24, 2.45) is 0 Å². The maximum atomic E-state index is 11.5. The number of aromatic carboxylic acids is 1. The maximum absolute atomic E-state index is 11.5. The van der Waals surface area contributed by atoms with Gasteiger partial charge in [-0.25, -0.2) is 9.78 Å². The van der Waals surface area contributed by atoms with Gasteiger partial charge in [0.1, 0.15) is 11.3 Å². The molecule has 0 fully saturated rings. The van der Waals surface area contributed by atoms with Crippen molar-refractivity contribution in [3.05, 3.63) is 44.0 Å². The molecule has 0 bridgehead atoms. The number of carboxylic acids is 1. The molecule has 0 spiro atoms. The lowest BCUT2D eigenvalue weighted by Gasteiger charge is -2.10. The molecule has 2 N–H and O–H groups in total. The number of nitrogens with one attached hydrogen (secondary N) is 1. The van der Waals surface area contributed by atoms with Crippen molar-refractivity contribution in [3.63, 3.8) is 0 Å². The molecule has 0 amide bonds. The van der Waals surface area contributed by atoms with E-state index in [2.05, 4.69) is 9.97 Å². The Morgan fingerprint density at radius 3 is 2.85 bits per heavy atom. The zero-order valence-corrected chi connectivity index (χ0v) is 12.4. The molecule has 0 radical (unpaired) electrons. The molecule has 8 heteroatoms. The first-order valence-electron chi connectivity index (χ1n) is 5.35. The first kappa shape index (κ1) is 14.3. The zero-order valence-electron chi connectivity index (χ0n) is 10.2. The number of halogens is 1. The van der Waals surface area contributed by atoms with Gasteiger partial charge in [-0.15, -0.1) is 0 Å². The maximum Gasteiger partial charge on any atom is 0.339 e. The van der Waals surface area contributed by atoms with Gasteiger partial charge < -0.3 is 19.6 Å². The first-order chi connectivity index (χ1) is 9.52. The van der Waals surface area contributed by atoms with E-state index in [1.54, 1.807) is 6.07 Å². The molecular weight excluding hydrogens is 379 g/mol. The Labute approximate surface area is 126 Å². The molecule has 20 heavy (non-hydrogen) atoms. The van der Waals surface area contributed by atoms with Gasteiger partial charge in [-0.3, -0.25) is 4.79 Å². The fourth-order valence-electron chi connectivity index (χ4n) is 1.49. The molecular formula is C12H9IN2O5. The van der Waals surface area contributed by atoms with E-state index < -0.39 is 11.5 Å². The Kier molecular flexibility index (Phi) is 4.23. The third kappa shape index (κ3) is 2.90. The van der Waals surface area contributed by atoms with Gasteiger partial charge >= 0.3 is 5.97 Å². The molecule has 0 unspecified atom stereocenters. The number of carboxylic acid groups (broad SMARTS) is 1. The van der Waals surface area contributed by atoms with Gasteiger partial charge in [0, 0.05) is 3.57 Å². The Balaban J connectivity index is 2.48. The molecule has 2 rings (SSSR count). The Morgan fingerprint density at radius 2 is 2.20 bits per heavy atom. The average Bonchev–Trinajstić information content (AvgIpc) is 2.41. The number of rotatable bonds is 4. The minimum atomic E-state index is -1.14. The largest absolute Gasteiger partial charge is 0.487 e.